The van der Waals surface area contributed by atoms with Crippen molar-refractivity contribution in [3.63, 3.8) is 0 Å². The van der Waals surface area contributed by atoms with Gasteiger partial charge in [-0.25, -0.2) is 0 Å². The van der Waals surface area contributed by atoms with Gasteiger partial charge in [-0.1, -0.05) is 30.3 Å². The standard InChI is InChI=1S/C14H15NO3/c1-2-18-14(17)12(9-6-10-15)13(16)11-7-4-3-5-8-11/h3-5,7-8,12H,2,6,9H2,1H3. The average molecular weight is 245 g/mol. The fourth-order valence-electron chi connectivity index (χ4n) is 1.61. The molecule has 0 saturated carbocycles. The summed E-state index contributed by atoms with van der Waals surface area (Å²) in [5.41, 5.74) is 0.466. The van der Waals surface area contributed by atoms with E-state index in [0.717, 1.165) is 0 Å². The summed E-state index contributed by atoms with van der Waals surface area (Å²) in [6.45, 7) is 1.91. The van der Waals surface area contributed by atoms with Crippen LogP contribution in [0.4, 0.5) is 0 Å². The van der Waals surface area contributed by atoms with Crippen molar-refractivity contribution in [2.24, 2.45) is 5.92 Å². The predicted octanol–water partition coefficient (Wildman–Crippen LogP) is 2.35. The molecule has 0 aromatic heterocycles. The second kappa shape index (κ2) is 7.23. The summed E-state index contributed by atoms with van der Waals surface area (Å²) >= 11 is 0. The van der Waals surface area contributed by atoms with Gasteiger partial charge in [0.25, 0.3) is 0 Å². The van der Waals surface area contributed by atoms with Gasteiger partial charge in [-0.15, -0.1) is 0 Å². The van der Waals surface area contributed by atoms with Crippen LogP contribution in [0.15, 0.2) is 30.3 Å². The average Bonchev–Trinajstić information content (AvgIpc) is 2.40. The van der Waals surface area contributed by atoms with Crippen LogP contribution in [0.3, 0.4) is 0 Å². The maximum absolute atomic E-state index is 12.2. The highest BCUT2D eigenvalue weighted by Crippen LogP contribution is 2.16. The lowest BCUT2D eigenvalue weighted by Crippen LogP contribution is -2.26. The van der Waals surface area contributed by atoms with Crippen LogP contribution in [0.25, 0.3) is 0 Å². The highest BCUT2D eigenvalue weighted by Gasteiger charge is 2.28. The zero-order chi connectivity index (χ0) is 13.4. The Hall–Kier alpha value is -2.15. The number of benzene rings is 1. The van der Waals surface area contributed by atoms with E-state index in [2.05, 4.69) is 0 Å². The van der Waals surface area contributed by atoms with Gasteiger partial charge < -0.3 is 4.74 Å². The third kappa shape index (κ3) is 3.70. The van der Waals surface area contributed by atoms with E-state index in [1.807, 2.05) is 6.07 Å². The number of Topliss-reactive ketones (excluding diaryl/α,β-unsaturated/α-hetero) is 1. The molecule has 94 valence electrons. The molecule has 0 bridgehead atoms. The summed E-state index contributed by atoms with van der Waals surface area (Å²) in [4.78, 5) is 23.9. The van der Waals surface area contributed by atoms with Crippen LogP contribution in [0.1, 0.15) is 30.1 Å². The van der Waals surface area contributed by atoms with Crippen LogP contribution in [0.2, 0.25) is 0 Å². The molecule has 4 heteroatoms. The molecular weight excluding hydrogens is 230 g/mol. The van der Waals surface area contributed by atoms with Gasteiger partial charge in [0.05, 0.1) is 12.7 Å². The maximum Gasteiger partial charge on any atom is 0.316 e. The smallest absolute Gasteiger partial charge is 0.316 e. The van der Waals surface area contributed by atoms with E-state index in [0.29, 0.717) is 5.56 Å². The zero-order valence-electron chi connectivity index (χ0n) is 10.3. The molecule has 4 nitrogen and oxygen atoms in total. The number of nitriles is 1. The molecule has 1 atom stereocenters. The first kappa shape index (κ1) is 13.9. The largest absolute Gasteiger partial charge is 0.465 e. The Kier molecular flexibility index (Phi) is 5.59. The number of hydrogen-bond donors (Lipinski definition) is 0. The zero-order valence-corrected chi connectivity index (χ0v) is 10.3. The van der Waals surface area contributed by atoms with E-state index < -0.39 is 11.9 Å². The minimum absolute atomic E-state index is 0.155. The lowest BCUT2D eigenvalue weighted by Gasteiger charge is -2.13. The number of carbonyl (C=O) groups is 2. The first-order valence-electron chi connectivity index (χ1n) is 5.83. The Morgan fingerprint density at radius 3 is 2.56 bits per heavy atom. The molecule has 0 aliphatic rings. The molecule has 0 saturated heterocycles. The minimum atomic E-state index is -0.882. The van der Waals surface area contributed by atoms with Crippen LogP contribution in [-0.2, 0) is 9.53 Å². The number of hydrogen-bond acceptors (Lipinski definition) is 4. The topological polar surface area (TPSA) is 67.2 Å². The second-order valence-corrected chi connectivity index (χ2v) is 3.73. The van der Waals surface area contributed by atoms with E-state index in [4.69, 9.17) is 10.00 Å². The quantitative estimate of drug-likeness (QED) is 0.438. The highest BCUT2D eigenvalue weighted by molar-refractivity contribution is 6.08. The summed E-state index contributed by atoms with van der Waals surface area (Å²) in [6.07, 6.45) is 0.352. The summed E-state index contributed by atoms with van der Waals surface area (Å²) in [7, 11) is 0. The van der Waals surface area contributed by atoms with Gasteiger partial charge in [-0.05, 0) is 13.3 Å². The normalized spacial score (nSPS) is 11.3. The number of rotatable bonds is 6. The molecule has 0 amide bonds. The maximum atomic E-state index is 12.2. The molecule has 0 N–H and O–H groups in total. The van der Waals surface area contributed by atoms with Crippen molar-refractivity contribution >= 4 is 11.8 Å². The SMILES string of the molecule is CCOC(=O)C(CCC#N)C(=O)c1ccccc1. The van der Waals surface area contributed by atoms with Gasteiger partial charge in [0.1, 0.15) is 5.92 Å². The van der Waals surface area contributed by atoms with Crippen molar-refractivity contribution in [2.75, 3.05) is 6.61 Å². The predicted molar refractivity (Wildman–Crippen MR) is 65.7 cm³/mol. The first-order chi connectivity index (χ1) is 8.70. The van der Waals surface area contributed by atoms with Crippen LogP contribution >= 0.6 is 0 Å². The van der Waals surface area contributed by atoms with Crippen molar-refractivity contribution in [1.82, 2.24) is 0 Å². The fraction of sp³-hybridized carbons (Fsp3) is 0.357. The van der Waals surface area contributed by atoms with E-state index in [1.165, 1.54) is 0 Å². The van der Waals surface area contributed by atoms with Crippen LogP contribution in [0, 0.1) is 17.2 Å². The van der Waals surface area contributed by atoms with Gasteiger partial charge in [0.15, 0.2) is 5.78 Å². The lowest BCUT2D eigenvalue weighted by molar-refractivity contribution is -0.146. The molecule has 0 radical (unpaired) electrons. The third-order valence-corrected chi connectivity index (χ3v) is 2.49. The molecule has 1 aromatic rings. The van der Waals surface area contributed by atoms with E-state index in [-0.39, 0.29) is 25.2 Å². The molecule has 0 fully saturated rings. The van der Waals surface area contributed by atoms with Gasteiger partial charge in [0, 0.05) is 12.0 Å². The van der Waals surface area contributed by atoms with Crippen molar-refractivity contribution < 1.29 is 14.3 Å². The van der Waals surface area contributed by atoms with Crippen LogP contribution in [-0.4, -0.2) is 18.4 Å². The fourth-order valence-corrected chi connectivity index (χ4v) is 1.61. The summed E-state index contributed by atoms with van der Waals surface area (Å²) in [5.74, 6) is -1.72. The summed E-state index contributed by atoms with van der Waals surface area (Å²) in [5, 5.41) is 8.57. The number of nitrogens with zero attached hydrogens (tertiary/aromatic N) is 1. The monoisotopic (exact) mass is 245 g/mol. The Balaban J connectivity index is 2.86. The molecule has 1 unspecified atom stereocenters. The van der Waals surface area contributed by atoms with Crippen molar-refractivity contribution in [3.8, 4) is 6.07 Å². The molecule has 0 aliphatic heterocycles. The number of carbonyl (C=O) groups excluding carboxylic acids is 2. The number of ether oxygens (including phenoxy) is 1. The summed E-state index contributed by atoms with van der Waals surface area (Å²) in [6, 6.07) is 10.5. The molecule has 0 heterocycles. The molecule has 0 aliphatic carbocycles. The lowest BCUT2D eigenvalue weighted by atomic mass is 9.93. The van der Waals surface area contributed by atoms with E-state index >= 15 is 0 Å². The number of ketones is 1. The Bertz CT molecular complexity index is 448. The minimum Gasteiger partial charge on any atom is -0.465 e. The molecule has 1 aromatic carbocycles. The Labute approximate surface area is 106 Å². The first-order valence-corrected chi connectivity index (χ1v) is 5.83. The highest BCUT2D eigenvalue weighted by atomic mass is 16.5. The second-order valence-electron chi connectivity index (χ2n) is 3.73. The molecule has 18 heavy (non-hydrogen) atoms. The van der Waals surface area contributed by atoms with E-state index in [1.54, 1.807) is 37.3 Å². The van der Waals surface area contributed by atoms with Crippen LogP contribution < -0.4 is 0 Å². The third-order valence-electron chi connectivity index (χ3n) is 2.49. The van der Waals surface area contributed by atoms with Gasteiger partial charge in [-0.3, -0.25) is 9.59 Å². The van der Waals surface area contributed by atoms with Crippen molar-refractivity contribution in [2.45, 2.75) is 19.8 Å². The van der Waals surface area contributed by atoms with Gasteiger partial charge in [0.2, 0.25) is 0 Å². The van der Waals surface area contributed by atoms with Crippen molar-refractivity contribution in [1.29, 1.82) is 5.26 Å². The Morgan fingerprint density at radius 1 is 1.33 bits per heavy atom. The van der Waals surface area contributed by atoms with E-state index in [9.17, 15) is 9.59 Å². The van der Waals surface area contributed by atoms with Gasteiger partial charge >= 0.3 is 5.97 Å². The summed E-state index contributed by atoms with van der Waals surface area (Å²) < 4.78 is 4.87. The van der Waals surface area contributed by atoms with Gasteiger partial charge in [-0.2, -0.15) is 5.26 Å². The Morgan fingerprint density at radius 2 is 2.00 bits per heavy atom. The number of esters is 1. The van der Waals surface area contributed by atoms with Crippen LogP contribution in [0.5, 0.6) is 0 Å². The molecular formula is C14H15NO3. The molecule has 0 spiro atoms. The van der Waals surface area contributed by atoms with Crippen molar-refractivity contribution in [3.05, 3.63) is 35.9 Å². The molecule has 1 rings (SSSR count).